The van der Waals surface area contributed by atoms with E-state index < -0.39 is 36.2 Å². The van der Waals surface area contributed by atoms with E-state index in [-0.39, 0.29) is 0 Å². The van der Waals surface area contributed by atoms with Gasteiger partial charge in [-0.3, -0.25) is 9.59 Å². The summed E-state index contributed by atoms with van der Waals surface area (Å²) in [4.78, 5) is 35.0. The van der Waals surface area contributed by atoms with Crippen molar-refractivity contribution in [2.24, 2.45) is 5.73 Å². The maximum atomic E-state index is 12.2. The van der Waals surface area contributed by atoms with Crippen LogP contribution in [-0.4, -0.2) is 34.7 Å². The standard InChI is InChI=1S/C13H14N2O4S/c14-11(16)5-9(13(18)19)15-12(17)8-6-20-10-4-2-1-3-7(8)10/h1-4,8-9H,5-6H2,(H2,14,16)(H,15,17)(H,18,19)/t8?,9-/m0/s1. The van der Waals surface area contributed by atoms with Crippen molar-refractivity contribution < 1.29 is 19.5 Å². The molecule has 0 saturated heterocycles. The van der Waals surface area contributed by atoms with Crippen LogP contribution in [0.4, 0.5) is 0 Å². The summed E-state index contributed by atoms with van der Waals surface area (Å²) in [6, 6.07) is 6.22. The third-order valence-corrected chi connectivity index (χ3v) is 4.22. The van der Waals surface area contributed by atoms with Crippen LogP contribution in [0, 0.1) is 0 Å². The molecular formula is C13H14N2O4S. The summed E-state index contributed by atoms with van der Waals surface area (Å²) in [7, 11) is 0. The molecule has 1 aromatic carbocycles. The molecule has 0 fully saturated rings. The fourth-order valence-electron chi connectivity index (χ4n) is 2.05. The average Bonchev–Trinajstić information content (AvgIpc) is 2.81. The number of hydrogen-bond acceptors (Lipinski definition) is 4. The molecule has 0 spiro atoms. The quantitative estimate of drug-likeness (QED) is 0.724. The lowest BCUT2D eigenvalue weighted by atomic mass is 10.00. The van der Waals surface area contributed by atoms with E-state index in [4.69, 9.17) is 10.8 Å². The normalized spacial score (nSPS) is 18.1. The summed E-state index contributed by atoms with van der Waals surface area (Å²) in [5.41, 5.74) is 5.87. The minimum Gasteiger partial charge on any atom is -0.480 e. The van der Waals surface area contributed by atoms with Gasteiger partial charge in [0.2, 0.25) is 11.8 Å². The van der Waals surface area contributed by atoms with Gasteiger partial charge in [0, 0.05) is 10.6 Å². The van der Waals surface area contributed by atoms with E-state index in [0.29, 0.717) is 5.75 Å². The zero-order valence-corrected chi connectivity index (χ0v) is 11.4. The van der Waals surface area contributed by atoms with Crippen molar-refractivity contribution in [1.82, 2.24) is 5.32 Å². The summed E-state index contributed by atoms with van der Waals surface area (Å²) in [6.45, 7) is 0. The fraction of sp³-hybridized carbons (Fsp3) is 0.308. The largest absolute Gasteiger partial charge is 0.480 e. The highest BCUT2D eigenvalue weighted by molar-refractivity contribution is 7.99. The predicted molar refractivity (Wildman–Crippen MR) is 73.3 cm³/mol. The van der Waals surface area contributed by atoms with Gasteiger partial charge >= 0.3 is 5.97 Å². The Hall–Kier alpha value is -2.02. The summed E-state index contributed by atoms with van der Waals surface area (Å²) < 4.78 is 0. The molecule has 1 heterocycles. The van der Waals surface area contributed by atoms with Crippen LogP contribution in [0.2, 0.25) is 0 Å². The van der Waals surface area contributed by atoms with E-state index in [1.807, 2.05) is 24.3 Å². The Morgan fingerprint density at radius 3 is 2.75 bits per heavy atom. The zero-order valence-electron chi connectivity index (χ0n) is 10.5. The molecule has 7 heteroatoms. The maximum absolute atomic E-state index is 12.2. The van der Waals surface area contributed by atoms with Crippen LogP contribution in [0.15, 0.2) is 29.2 Å². The molecule has 2 rings (SSSR count). The van der Waals surface area contributed by atoms with Gasteiger partial charge < -0.3 is 16.2 Å². The Morgan fingerprint density at radius 1 is 1.40 bits per heavy atom. The van der Waals surface area contributed by atoms with Crippen LogP contribution < -0.4 is 11.1 Å². The minimum absolute atomic E-state index is 0.392. The first-order valence-corrected chi connectivity index (χ1v) is 7.01. The highest BCUT2D eigenvalue weighted by Gasteiger charge is 2.32. The van der Waals surface area contributed by atoms with E-state index in [1.54, 1.807) is 11.8 Å². The van der Waals surface area contributed by atoms with Gasteiger partial charge in [-0.1, -0.05) is 18.2 Å². The van der Waals surface area contributed by atoms with Crippen LogP contribution >= 0.6 is 11.8 Å². The number of primary amides is 1. The number of thioether (sulfide) groups is 1. The van der Waals surface area contributed by atoms with E-state index >= 15 is 0 Å². The van der Waals surface area contributed by atoms with Gasteiger partial charge in [0.05, 0.1) is 12.3 Å². The number of hydrogen-bond donors (Lipinski definition) is 3. The summed E-state index contributed by atoms with van der Waals surface area (Å²) in [6.07, 6.45) is -0.414. The molecule has 2 atom stereocenters. The first kappa shape index (κ1) is 14.4. The minimum atomic E-state index is -1.28. The van der Waals surface area contributed by atoms with Crippen LogP contribution in [0.25, 0.3) is 0 Å². The first-order chi connectivity index (χ1) is 9.49. The molecule has 6 nitrogen and oxygen atoms in total. The number of fused-ring (bicyclic) bond motifs is 1. The number of amides is 2. The second-order valence-corrected chi connectivity index (χ2v) is 5.53. The van der Waals surface area contributed by atoms with E-state index in [0.717, 1.165) is 10.5 Å². The number of nitrogens with one attached hydrogen (secondary N) is 1. The highest BCUT2D eigenvalue weighted by Crippen LogP contribution is 2.39. The number of carboxylic acid groups (broad SMARTS) is 1. The molecule has 0 aromatic heterocycles. The number of carbonyl (C=O) groups is 3. The number of aliphatic carboxylic acids is 1. The Balaban J connectivity index is 2.09. The van der Waals surface area contributed by atoms with E-state index in [1.165, 1.54) is 0 Å². The van der Waals surface area contributed by atoms with Crippen LogP contribution in [0.1, 0.15) is 17.9 Å². The molecule has 0 aliphatic carbocycles. The Morgan fingerprint density at radius 2 is 2.10 bits per heavy atom. The molecule has 1 aliphatic heterocycles. The molecule has 20 heavy (non-hydrogen) atoms. The number of nitrogens with two attached hydrogens (primary N) is 1. The van der Waals surface area contributed by atoms with Crippen molar-refractivity contribution in [3.63, 3.8) is 0 Å². The van der Waals surface area contributed by atoms with Crippen molar-refractivity contribution in [3.8, 4) is 0 Å². The van der Waals surface area contributed by atoms with Gasteiger partial charge in [-0.2, -0.15) is 0 Å². The van der Waals surface area contributed by atoms with Crippen molar-refractivity contribution in [3.05, 3.63) is 29.8 Å². The van der Waals surface area contributed by atoms with Gasteiger partial charge in [0.1, 0.15) is 6.04 Å². The van der Waals surface area contributed by atoms with Crippen molar-refractivity contribution in [1.29, 1.82) is 0 Å². The lowest BCUT2D eigenvalue weighted by molar-refractivity contribution is -0.143. The molecule has 1 aliphatic rings. The number of carbonyl (C=O) groups excluding carboxylic acids is 2. The molecule has 0 saturated carbocycles. The smallest absolute Gasteiger partial charge is 0.326 e. The van der Waals surface area contributed by atoms with Gasteiger partial charge in [0.15, 0.2) is 0 Å². The molecule has 1 aromatic rings. The molecule has 2 amide bonds. The number of benzene rings is 1. The lowest BCUT2D eigenvalue weighted by Crippen LogP contribution is -2.45. The van der Waals surface area contributed by atoms with Crippen LogP contribution in [-0.2, 0) is 14.4 Å². The topological polar surface area (TPSA) is 109 Å². The Kier molecular flexibility index (Phi) is 4.29. The molecular weight excluding hydrogens is 280 g/mol. The molecule has 106 valence electrons. The highest BCUT2D eigenvalue weighted by atomic mass is 32.2. The second kappa shape index (κ2) is 5.96. The maximum Gasteiger partial charge on any atom is 0.326 e. The average molecular weight is 294 g/mol. The summed E-state index contributed by atoms with van der Waals surface area (Å²) in [5.74, 6) is -2.26. The van der Waals surface area contributed by atoms with E-state index in [9.17, 15) is 14.4 Å². The molecule has 4 N–H and O–H groups in total. The van der Waals surface area contributed by atoms with Crippen molar-refractivity contribution in [2.75, 3.05) is 5.75 Å². The summed E-state index contributed by atoms with van der Waals surface area (Å²) in [5, 5.41) is 11.4. The Bertz CT molecular complexity index is 561. The monoisotopic (exact) mass is 294 g/mol. The summed E-state index contributed by atoms with van der Waals surface area (Å²) >= 11 is 1.55. The molecule has 0 bridgehead atoms. The van der Waals surface area contributed by atoms with Gasteiger partial charge in [-0.15, -0.1) is 11.8 Å². The molecule has 0 radical (unpaired) electrons. The SMILES string of the molecule is NC(=O)C[C@H](NC(=O)C1CSc2ccccc21)C(=O)O. The number of rotatable bonds is 5. The third kappa shape index (κ3) is 3.11. The lowest BCUT2D eigenvalue weighted by Gasteiger charge is -2.16. The van der Waals surface area contributed by atoms with Crippen molar-refractivity contribution in [2.45, 2.75) is 23.3 Å². The van der Waals surface area contributed by atoms with Crippen LogP contribution in [0.5, 0.6) is 0 Å². The first-order valence-electron chi connectivity index (χ1n) is 6.02. The predicted octanol–water partition coefficient (Wildman–Crippen LogP) is 0.321. The Labute approximate surface area is 119 Å². The van der Waals surface area contributed by atoms with Gasteiger partial charge in [-0.25, -0.2) is 4.79 Å². The fourth-order valence-corrected chi connectivity index (χ4v) is 3.28. The number of carboxylic acids is 1. The van der Waals surface area contributed by atoms with Gasteiger partial charge in [-0.05, 0) is 11.6 Å². The second-order valence-electron chi connectivity index (χ2n) is 4.47. The third-order valence-electron chi connectivity index (χ3n) is 3.04. The van der Waals surface area contributed by atoms with Crippen LogP contribution in [0.3, 0.4) is 0 Å². The van der Waals surface area contributed by atoms with E-state index in [2.05, 4.69) is 5.32 Å². The zero-order chi connectivity index (χ0) is 14.7. The molecule has 1 unspecified atom stereocenters. The van der Waals surface area contributed by atoms with Gasteiger partial charge in [0.25, 0.3) is 0 Å². The van der Waals surface area contributed by atoms with Crippen molar-refractivity contribution >= 4 is 29.5 Å².